The minimum absolute atomic E-state index is 0.00457. The van der Waals surface area contributed by atoms with Gasteiger partial charge in [-0.1, -0.05) is 18.7 Å². The van der Waals surface area contributed by atoms with E-state index >= 15 is 0 Å². The van der Waals surface area contributed by atoms with Gasteiger partial charge in [0.1, 0.15) is 17.1 Å². The summed E-state index contributed by atoms with van der Waals surface area (Å²) in [6.45, 7) is 1.45. The molecule has 3 rings (SSSR count). The van der Waals surface area contributed by atoms with Crippen molar-refractivity contribution in [3.05, 3.63) is 16.2 Å². The molecule has 2 aliphatic heterocycles. The van der Waals surface area contributed by atoms with Crippen molar-refractivity contribution in [1.82, 2.24) is 30.4 Å². The Hall–Kier alpha value is -2.90. The van der Waals surface area contributed by atoms with E-state index in [1.807, 2.05) is 0 Å². The fourth-order valence-corrected chi connectivity index (χ4v) is 6.09. The van der Waals surface area contributed by atoms with Gasteiger partial charge >= 0.3 is 5.97 Å². The number of tetrazole rings is 1. The molecule has 1 fully saturated rings. The number of carbonyl (C=O) groups is 4. The first kappa shape index (κ1) is 25.7. The van der Waals surface area contributed by atoms with Gasteiger partial charge < -0.3 is 10.4 Å². The van der Waals surface area contributed by atoms with Gasteiger partial charge in [0.2, 0.25) is 11.2 Å². The zero-order valence-corrected chi connectivity index (χ0v) is 19.7. The number of rotatable bonds is 11. The second kappa shape index (κ2) is 10.2. The highest BCUT2D eigenvalue weighted by molar-refractivity contribution is 8.01. The van der Waals surface area contributed by atoms with E-state index in [0.29, 0.717) is 5.57 Å². The van der Waals surface area contributed by atoms with Crippen LogP contribution >= 0.6 is 23.5 Å². The van der Waals surface area contributed by atoms with E-state index in [4.69, 9.17) is 4.55 Å². The summed E-state index contributed by atoms with van der Waals surface area (Å²) in [5, 5.41) is 24.1. The number of amides is 2. The molecule has 3 N–H and O–H groups in total. The number of fused-ring (bicyclic) bond motifs is 1. The first-order chi connectivity index (χ1) is 16.0. The predicted octanol–water partition coefficient (Wildman–Crippen LogP) is -1.54. The van der Waals surface area contributed by atoms with E-state index in [0.717, 1.165) is 33.1 Å². The van der Waals surface area contributed by atoms with Crippen LogP contribution in [0, 0.1) is 4.91 Å². The highest BCUT2D eigenvalue weighted by Gasteiger charge is 2.54. The molecule has 19 heteroatoms. The normalized spacial score (nSPS) is 20.9. The topological polar surface area (TPSA) is 231 Å². The summed E-state index contributed by atoms with van der Waals surface area (Å²) in [6, 6.07) is -2.94. The quantitative estimate of drug-likeness (QED) is 0.0958. The Morgan fingerprint density at radius 3 is 2.68 bits per heavy atom. The molecule has 184 valence electrons. The Labute approximate surface area is 199 Å². The molecule has 2 amide bonds. The van der Waals surface area contributed by atoms with Crippen LogP contribution in [0.15, 0.2) is 21.6 Å². The van der Waals surface area contributed by atoms with Gasteiger partial charge in [0.25, 0.3) is 21.9 Å². The van der Waals surface area contributed by atoms with Crippen LogP contribution in [0.4, 0.5) is 0 Å². The number of carboxylic acid groups (broad SMARTS) is 1. The molecule has 1 saturated heterocycles. The number of Topliss-reactive ketones (excluding diaryl/α,β-unsaturated/α-hetero) is 1. The largest absolute Gasteiger partial charge is 0.477 e. The first-order valence-corrected chi connectivity index (χ1v) is 13.0. The van der Waals surface area contributed by atoms with Crippen molar-refractivity contribution in [2.24, 2.45) is 5.18 Å². The molecular weight excluding hydrogens is 518 g/mol. The maximum atomic E-state index is 12.7. The van der Waals surface area contributed by atoms with Crippen LogP contribution in [-0.4, -0.2) is 95.7 Å². The molecule has 3 atom stereocenters. The molecule has 0 spiro atoms. The molecule has 16 nitrogen and oxygen atoms in total. The van der Waals surface area contributed by atoms with Crippen molar-refractivity contribution in [1.29, 1.82) is 0 Å². The minimum atomic E-state index is -4.42. The third kappa shape index (κ3) is 5.26. The van der Waals surface area contributed by atoms with Gasteiger partial charge in [0.15, 0.2) is 11.7 Å². The molecular formula is C15H17N7O9S3. The van der Waals surface area contributed by atoms with Crippen molar-refractivity contribution in [3.63, 3.8) is 0 Å². The van der Waals surface area contributed by atoms with Gasteiger partial charge in [-0.25, -0.2) is 9.48 Å². The van der Waals surface area contributed by atoms with Crippen LogP contribution in [0.3, 0.4) is 0 Å². The fourth-order valence-electron chi connectivity index (χ4n) is 3.16. The van der Waals surface area contributed by atoms with E-state index in [1.54, 1.807) is 0 Å². The summed E-state index contributed by atoms with van der Waals surface area (Å²) in [4.78, 5) is 60.3. The summed E-state index contributed by atoms with van der Waals surface area (Å²) >= 11 is 2.05. The second-order valence-corrected chi connectivity index (χ2v) is 10.4. The number of nitrogens with zero attached hydrogens (tertiary/aromatic N) is 6. The van der Waals surface area contributed by atoms with Crippen molar-refractivity contribution in [2.75, 3.05) is 11.5 Å². The maximum Gasteiger partial charge on any atom is 0.352 e. The van der Waals surface area contributed by atoms with E-state index in [2.05, 4.69) is 26.0 Å². The van der Waals surface area contributed by atoms with Gasteiger partial charge in [-0.15, -0.1) is 21.8 Å². The summed E-state index contributed by atoms with van der Waals surface area (Å²) in [5.41, 5.74) is 0.00197. The molecule has 0 aromatic carbocycles. The lowest BCUT2D eigenvalue weighted by Crippen LogP contribution is -2.71. The number of hydrogen-bond donors (Lipinski definition) is 3. The molecule has 0 bridgehead atoms. The lowest BCUT2D eigenvalue weighted by Gasteiger charge is -2.49. The smallest absolute Gasteiger partial charge is 0.352 e. The first-order valence-electron chi connectivity index (χ1n) is 9.38. The highest BCUT2D eigenvalue weighted by Crippen LogP contribution is 2.41. The Morgan fingerprint density at radius 1 is 1.38 bits per heavy atom. The number of nitroso groups, excluding NO2 is 1. The zero-order chi connectivity index (χ0) is 25.2. The van der Waals surface area contributed by atoms with Crippen LogP contribution in [0.5, 0.6) is 0 Å². The maximum absolute atomic E-state index is 12.7. The number of ketones is 1. The molecule has 1 unspecified atom stereocenters. The number of aliphatic carboxylic acids is 1. The Kier molecular flexibility index (Phi) is 7.68. The van der Waals surface area contributed by atoms with Crippen molar-refractivity contribution >= 4 is 57.2 Å². The van der Waals surface area contributed by atoms with Crippen molar-refractivity contribution in [2.45, 2.75) is 41.8 Å². The Balaban J connectivity index is 1.74. The second-order valence-electron chi connectivity index (χ2n) is 6.94. The molecule has 0 saturated carbocycles. The summed E-state index contributed by atoms with van der Waals surface area (Å²) < 4.78 is 31.9. The number of hydrogen-bond acceptors (Lipinski definition) is 13. The number of β-lactam (4-membered cyclic amide) rings is 1. The van der Waals surface area contributed by atoms with Crippen molar-refractivity contribution < 1.29 is 37.3 Å². The summed E-state index contributed by atoms with van der Waals surface area (Å²) in [7, 11) is -4.42. The number of aromatic nitrogens is 4. The number of nitrogens with one attached hydrogen (secondary N) is 1. The molecule has 1 aromatic rings. The molecule has 1 aromatic heterocycles. The minimum Gasteiger partial charge on any atom is -0.477 e. The zero-order valence-electron chi connectivity index (χ0n) is 17.2. The van der Waals surface area contributed by atoms with Gasteiger partial charge in [-0.05, 0) is 21.2 Å². The average molecular weight is 536 g/mol. The van der Waals surface area contributed by atoms with E-state index in [-0.39, 0.29) is 28.8 Å². The monoisotopic (exact) mass is 535 g/mol. The Bertz CT molecular complexity index is 1180. The van der Waals surface area contributed by atoms with Crippen LogP contribution in [-0.2, 0) is 35.2 Å². The van der Waals surface area contributed by atoms with Crippen LogP contribution in [0.25, 0.3) is 0 Å². The SMILES string of the molecule is CCC(=O)C(N=O)C(=O)N[C@@H]1C(=O)N2C(C(=O)O)=C(CSc3nnnn3CS(=O)(=O)O)CS[C@@H]12. The van der Waals surface area contributed by atoms with E-state index in [9.17, 15) is 37.6 Å². The van der Waals surface area contributed by atoms with Gasteiger partial charge in [-0.3, -0.25) is 23.8 Å². The Morgan fingerprint density at radius 2 is 2.09 bits per heavy atom. The lowest BCUT2D eigenvalue weighted by molar-refractivity contribution is -0.151. The predicted molar refractivity (Wildman–Crippen MR) is 115 cm³/mol. The van der Waals surface area contributed by atoms with Gasteiger partial charge in [-0.2, -0.15) is 8.42 Å². The van der Waals surface area contributed by atoms with Crippen LogP contribution in [0.2, 0.25) is 0 Å². The standard InChI is InChI=1S/C15H17N7O9S3/c1-2-7(23)8(18-28)11(24)16-9-12(25)22-10(14(26)27)6(3-32-13(9)22)4-33-15-17-19-20-21(15)5-34(29,30)31/h8-9,13H,2-5H2,1H3,(H,16,24)(H,26,27)(H,29,30,31)/t8?,9-,13+/m1/s1. The molecule has 2 aliphatic rings. The molecule has 0 aliphatic carbocycles. The van der Waals surface area contributed by atoms with E-state index in [1.165, 1.54) is 6.92 Å². The lowest BCUT2D eigenvalue weighted by atomic mass is 10.0. The number of thioether (sulfide) groups is 2. The van der Waals surface area contributed by atoms with Crippen LogP contribution < -0.4 is 5.32 Å². The summed E-state index contributed by atoms with van der Waals surface area (Å²) in [6.07, 6.45) is -0.104. The number of carbonyl (C=O) groups excluding carboxylic acids is 3. The average Bonchev–Trinajstić information content (AvgIpc) is 3.20. The molecule has 34 heavy (non-hydrogen) atoms. The third-order valence-electron chi connectivity index (χ3n) is 4.71. The molecule has 0 radical (unpaired) electrons. The number of carboxylic acids is 1. The van der Waals surface area contributed by atoms with Crippen LogP contribution in [0.1, 0.15) is 13.3 Å². The molecule has 3 heterocycles. The highest BCUT2D eigenvalue weighted by atomic mass is 32.2. The van der Waals surface area contributed by atoms with Gasteiger partial charge in [0, 0.05) is 17.9 Å². The fraction of sp³-hybridized carbons (Fsp3) is 0.533. The van der Waals surface area contributed by atoms with Gasteiger partial charge in [0.05, 0.1) is 0 Å². The summed E-state index contributed by atoms with van der Waals surface area (Å²) in [5.74, 6) is -4.66. The van der Waals surface area contributed by atoms with E-state index < -0.39 is 57.0 Å². The third-order valence-corrected chi connectivity index (χ3v) is 7.67. The van der Waals surface area contributed by atoms with Crippen molar-refractivity contribution in [3.8, 4) is 0 Å².